The van der Waals surface area contributed by atoms with Gasteiger partial charge in [0.15, 0.2) is 5.16 Å². The highest BCUT2D eigenvalue weighted by Gasteiger charge is 2.18. The lowest BCUT2D eigenvalue weighted by Gasteiger charge is -2.17. The van der Waals surface area contributed by atoms with Gasteiger partial charge >= 0.3 is 5.97 Å². The highest BCUT2D eigenvalue weighted by atomic mass is 35.5. The summed E-state index contributed by atoms with van der Waals surface area (Å²) in [6.45, 7) is 4.14. The second kappa shape index (κ2) is 6.65. The van der Waals surface area contributed by atoms with Gasteiger partial charge in [-0.25, -0.2) is 4.98 Å². The summed E-state index contributed by atoms with van der Waals surface area (Å²) >= 11 is 8.78. The summed E-state index contributed by atoms with van der Waals surface area (Å²) in [5.74, 6) is -0.827. The smallest absolute Gasteiger partial charge is 0.313 e. The number of thioether (sulfide) groups is 1. The Morgan fingerprint density at radius 2 is 2.35 bits per heavy atom. The second-order valence-corrected chi connectivity index (χ2v) is 6.95. The van der Waals surface area contributed by atoms with Gasteiger partial charge in [0, 0.05) is 16.8 Å². The molecule has 0 saturated heterocycles. The first kappa shape index (κ1) is 15.4. The number of carboxylic acid groups (broad SMARTS) is 1. The molecule has 4 nitrogen and oxygen atoms in total. The molecular weight excluding hydrogens is 316 g/mol. The number of aryl methyl sites for hydroxylation is 1. The van der Waals surface area contributed by atoms with Crippen LogP contribution in [0.5, 0.6) is 0 Å². The Morgan fingerprint density at radius 1 is 1.60 bits per heavy atom. The molecule has 2 aromatic rings. The fourth-order valence-corrected chi connectivity index (χ4v) is 3.86. The standard InChI is InChI=1S/C13H15ClN2O2S2/c1-3-9-6-15-13(19-7-12(17)18)16(9)8(2)10-4-5-11(14)20-10/h4-6,8H,3,7H2,1-2H3,(H,17,18). The number of carbonyl (C=O) groups is 1. The Balaban J connectivity index is 2.32. The minimum Gasteiger partial charge on any atom is -0.481 e. The van der Waals surface area contributed by atoms with E-state index < -0.39 is 5.97 Å². The molecule has 7 heteroatoms. The van der Waals surface area contributed by atoms with Gasteiger partial charge in [0.25, 0.3) is 0 Å². The van der Waals surface area contributed by atoms with Gasteiger partial charge in [0.1, 0.15) is 0 Å². The molecule has 0 aromatic carbocycles. The van der Waals surface area contributed by atoms with Gasteiger partial charge in [-0.2, -0.15) is 0 Å². The Kier molecular flexibility index (Phi) is 5.12. The number of aliphatic carboxylic acids is 1. The first-order chi connectivity index (χ1) is 9.52. The zero-order valence-electron chi connectivity index (χ0n) is 11.2. The van der Waals surface area contributed by atoms with Crippen LogP contribution >= 0.6 is 34.7 Å². The first-order valence-corrected chi connectivity index (χ1v) is 8.36. The summed E-state index contributed by atoms with van der Waals surface area (Å²) in [6, 6.07) is 3.98. The lowest BCUT2D eigenvalue weighted by atomic mass is 10.2. The molecule has 0 bridgehead atoms. The summed E-state index contributed by atoms with van der Waals surface area (Å²) < 4.78 is 2.85. The first-order valence-electron chi connectivity index (χ1n) is 6.18. The van der Waals surface area contributed by atoms with Crippen molar-refractivity contribution in [3.8, 4) is 0 Å². The zero-order chi connectivity index (χ0) is 14.7. The van der Waals surface area contributed by atoms with Crippen LogP contribution in [-0.2, 0) is 11.2 Å². The van der Waals surface area contributed by atoms with Crippen LogP contribution in [0.25, 0.3) is 0 Å². The van der Waals surface area contributed by atoms with E-state index in [0.717, 1.165) is 26.5 Å². The van der Waals surface area contributed by atoms with Gasteiger partial charge in [-0.15, -0.1) is 11.3 Å². The van der Waals surface area contributed by atoms with Crippen LogP contribution in [0.1, 0.15) is 30.5 Å². The van der Waals surface area contributed by atoms with Crippen molar-refractivity contribution >= 4 is 40.7 Å². The highest BCUT2D eigenvalue weighted by Crippen LogP contribution is 2.33. The normalized spacial score (nSPS) is 12.6. The number of aromatic nitrogens is 2. The molecule has 0 radical (unpaired) electrons. The monoisotopic (exact) mass is 330 g/mol. The number of carboxylic acids is 1. The lowest BCUT2D eigenvalue weighted by molar-refractivity contribution is -0.133. The molecule has 2 heterocycles. The summed E-state index contributed by atoms with van der Waals surface area (Å²) in [7, 11) is 0. The van der Waals surface area contributed by atoms with E-state index in [1.165, 1.54) is 23.1 Å². The maximum absolute atomic E-state index is 10.7. The number of nitrogens with zero attached hydrogens (tertiary/aromatic N) is 2. The number of thiophene rings is 1. The maximum Gasteiger partial charge on any atom is 0.313 e. The van der Waals surface area contributed by atoms with E-state index in [0.29, 0.717) is 0 Å². The topological polar surface area (TPSA) is 55.1 Å². The molecule has 0 aliphatic carbocycles. The van der Waals surface area contributed by atoms with Gasteiger partial charge in [-0.1, -0.05) is 30.3 Å². The average Bonchev–Trinajstić information content (AvgIpc) is 3.01. The number of hydrogen-bond acceptors (Lipinski definition) is 4. The van der Waals surface area contributed by atoms with Crippen molar-refractivity contribution in [2.75, 3.05) is 5.75 Å². The van der Waals surface area contributed by atoms with Crippen LogP contribution in [-0.4, -0.2) is 26.4 Å². The van der Waals surface area contributed by atoms with E-state index in [2.05, 4.69) is 23.4 Å². The Morgan fingerprint density at radius 3 is 2.90 bits per heavy atom. The van der Waals surface area contributed by atoms with E-state index in [-0.39, 0.29) is 11.8 Å². The highest BCUT2D eigenvalue weighted by molar-refractivity contribution is 7.99. The fourth-order valence-electron chi connectivity index (χ4n) is 1.97. The van der Waals surface area contributed by atoms with E-state index >= 15 is 0 Å². The van der Waals surface area contributed by atoms with E-state index in [1.807, 2.05) is 18.3 Å². The summed E-state index contributed by atoms with van der Waals surface area (Å²) in [5.41, 5.74) is 1.09. The molecule has 2 rings (SSSR count). The van der Waals surface area contributed by atoms with E-state index in [1.54, 1.807) is 0 Å². The van der Waals surface area contributed by atoms with Crippen LogP contribution in [0.15, 0.2) is 23.5 Å². The molecule has 0 amide bonds. The molecule has 20 heavy (non-hydrogen) atoms. The van der Waals surface area contributed by atoms with Gasteiger partial charge < -0.3 is 9.67 Å². The molecule has 1 unspecified atom stereocenters. The van der Waals surface area contributed by atoms with E-state index in [4.69, 9.17) is 16.7 Å². The van der Waals surface area contributed by atoms with Crippen molar-refractivity contribution in [3.05, 3.63) is 33.2 Å². The average molecular weight is 331 g/mol. The second-order valence-electron chi connectivity index (χ2n) is 4.26. The number of hydrogen-bond donors (Lipinski definition) is 1. The molecule has 0 spiro atoms. The molecule has 0 aliphatic rings. The van der Waals surface area contributed by atoms with Crippen molar-refractivity contribution in [3.63, 3.8) is 0 Å². The third kappa shape index (κ3) is 3.37. The summed E-state index contributed by atoms with van der Waals surface area (Å²) in [4.78, 5) is 16.2. The van der Waals surface area contributed by atoms with Crippen molar-refractivity contribution < 1.29 is 9.90 Å². The van der Waals surface area contributed by atoms with Gasteiger partial charge in [-0.05, 0) is 25.5 Å². The Labute approximate surface area is 130 Å². The fraction of sp³-hybridized carbons (Fsp3) is 0.385. The Hall–Kier alpha value is -0.980. The largest absolute Gasteiger partial charge is 0.481 e. The van der Waals surface area contributed by atoms with Crippen molar-refractivity contribution in [2.24, 2.45) is 0 Å². The predicted octanol–water partition coefficient (Wildman–Crippen LogP) is 3.95. The summed E-state index contributed by atoms with van der Waals surface area (Å²) in [6.07, 6.45) is 2.67. The quantitative estimate of drug-likeness (QED) is 0.815. The molecule has 0 fully saturated rings. The minimum absolute atomic E-state index is 0.0120. The van der Waals surface area contributed by atoms with Gasteiger partial charge in [0.05, 0.1) is 16.1 Å². The van der Waals surface area contributed by atoms with Crippen molar-refractivity contribution in [1.82, 2.24) is 9.55 Å². The Bertz CT molecular complexity index is 609. The maximum atomic E-state index is 10.7. The number of rotatable bonds is 6. The molecule has 1 atom stereocenters. The van der Waals surface area contributed by atoms with Crippen LogP contribution in [0.2, 0.25) is 4.34 Å². The summed E-state index contributed by atoms with van der Waals surface area (Å²) in [5, 5.41) is 9.55. The molecule has 108 valence electrons. The molecule has 2 aromatic heterocycles. The molecule has 0 saturated carbocycles. The minimum atomic E-state index is -0.839. The number of halogens is 1. The number of imidazole rings is 1. The van der Waals surface area contributed by atoms with E-state index in [9.17, 15) is 4.79 Å². The van der Waals surface area contributed by atoms with Crippen LogP contribution in [0.3, 0.4) is 0 Å². The van der Waals surface area contributed by atoms with Crippen LogP contribution in [0, 0.1) is 0 Å². The predicted molar refractivity (Wildman–Crippen MR) is 83.1 cm³/mol. The third-order valence-corrected chi connectivity index (χ3v) is 5.27. The molecule has 1 N–H and O–H groups in total. The lowest BCUT2D eigenvalue weighted by Crippen LogP contribution is -2.11. The van der Waals surface area contributed by atoms with Gasteiger partial charge in [-0.3, -0.25) is 4.79 Å². The molecular formula is C13H15ClN2O2S2. The van der Waals surface area contributed by atoms with Crippen molar-refractivity contribution in [2.45, 2.75) is 31.5 Å². The van der Waals surface area contributed by atoms with Crippen LogP contribution < -0.4 is 0 Å². The zero-order valence-corrected chi connectivity index (χ0v) is 13.6. The van der Waals surface area contributed by atoms with Crippen molar-refractivity contribution in [1.29, 1.82) is 0 Å². The van der Waals surface area contributed by atoms with Crippen LogP contribution in [0.4, 0.5) is 0 Å². The molecule has 0 aliphatic heterocycles. The SMILES string of the molecule is CCc1cnc(SCC(=O)O)n1C(C)c1ccc(Cl)s1. The third-order valence-electron chi connectivity index (χ3n) is 2.92. The van der Waals surface area contributed by atoms with Gasteiger partial charge in [0.2, 0.25) is 0 Å².